The summed E-state index contributed by atoms with van der Waals surface area (Å²) in [6.45, 7) is 0. The first-order valence-electron chi connectivity index (χ1n) is 7.10. The van der Waals surface area contributed by atoms with Crippen molar-refractivity contribution < 1.29 is 9.21 Å². The molecule has 0 aliphatic carbocycles. The van der Waals surface area contributed by atoms with Gasteiger partial charge >= 0.3 is 0 Å². The minimum Gasteiger partial charge on any atom is -0.455 e. The SMILES string of the molecule is N#Cc1ccccc1-c1ccc(/C=N\NC(=O)c2cccnc2)o1. The third-order valence-corrected chi connectivity index (χ3v) is 3.22. The molecule has 0 unspecified atom stereocenters. The van der Waals surface area contributed by atoms with E-state index in [1.807, 2.05) is 12.1 Å². The van der Waals surface area contributed by atoms with Gasteiger partial charge in [-0.1, -0.05) is 12.1 Å². The number of benzene rings is 1. The van der Waals surface area contributed by atoms with Crippen LogP contribution in [0.25, 0.3) is 11.3 Å². The lowest BCUT2D eigenvalue weighted by Crippen LogP contribution is -2.17. The molecule has 0 bridgehead atoms. The number of nitrogens with one attached hydrogen (secondary N) is 1. The van der Waals surface area contributed by atoms with Gasteiger partial charge in [0.15, 0.2) is 0 Å². The summed E-state index contributed by atoms with van der Waals surface area (Å²) < 4.78 is 5.64. The van der Waals surface area contributed by atoms with Gasteiger partial charge in [-0.3, -0.25) is 9.78 Å². The Bertz CT molecular complexity index is 923. The Morgan fingerprint density at radius 2 is 2.08 bits per heavy atom. The van der Waals surface area contributed by atoms with E-state index in [4.69, 9.17) is 9.68 Å². The van der Waals surface area contributed by atoms with Gasteiger partial charge in [0.25, 0.3) is 5.91 Å². The molecule has 0 spiro atoms. The molecule has 0 fully saturated rings. The highest BCUT2D eigenvalue weighted by Crippen LogP contribution is 2.24. The molecule has 6 nitrogen and oxygen atoms in total. The molecule has 0 aliphatic rings. The number of rotatable bonds is 4. The van der Waals surface area contributed by atoms with Crippen molar-refractivity contribution in [1.29, 1.82) is 5.26 Å². The quantitative estimate of drug-likeness (QED) is 0.591. The number of carbonyl (C=O) groups excluding carboxylic acids is 1. The number of aromatic nitrogens is 1. The van der Waals surface area contributed by atoms with E-state index in [1.165, 1.54) is 12.4 Å². The first-order valence-corrected chi connectivity index (χ1v) is 7.10. The number of hydrazone groups is 1. The van der Waals surface area contributed by atoms with Gasteiger partial charge in [-0.2, -0.15) is 10.4 Å². The van der Waals surface area contributed by atoms with Crippen LogP contribution in [0.15, 0.2) is 70.4 Å². The summed E-state index contributed by atoms with van der Waals surface area (Å²) in [6, 6.07) is 16.1. The van der Waals surface area contributed by atoms with Crippen molar-refractivity contribution in [2.45, 2.75) is 0 Å². The van der Waals surface area contributed by atoms with Crippen LogP contribution in [0.2, 0.25) is 0 Å². The summed E-state index contributed by atoms with van der Waals surface area (Å²) in [5.74, 6) is 0.664. The minimum atomic E-state index is -0.360. The lowest BCUT2D eigenvalue weighted by molar-refractivity contribution is 0.0955. The van der Waals surface area contributed by atoms with E-state index >= 15 is 0 Å². The molecule has 3 rings (SSSR count). The molecule has 116 valence electrons. The molecule has 0 saturated carbocycles. The lowest BCUT2D eigenvalue weighted by Gasteiger charge is -1.99. The molecule has 0 saturated heterocycles. The van der Waals surface area contributed by atoms with E-state index in [2.05, 4.69) is 21.6 Å². The van der Waals surface area contributed by atoms with Crippen LogP contribution in [-0.2, 0) is 0 Å². The summed E-state index contributed by atoms with van der Waals surface area (Å²) in [5.41, 5.74) is 4.05. The van der Waals surface area contributed by atoms with E-state index in [9.17, 15) is 4.79 Å². The van der Waals surface area contributed by atoms with Crippen LogP contribution in [0.1, 0.15) is 21.7 Å². The van der Waals surface area contributed by atoms with E-state index in [0.29, 0.717) is 28.2 Å². The largest absolute Gasteiger partial charge is 0.455 e. The van der Waals surface area contributed by atoms with Gasteiger partial charge in [-0.25, -0.2) is 5.43 Å². The molecule has 24 heavy (non-hydrogen) atoms. The maximum absolute atomic E-state index is 11.8. The van der Waals surface area contributed by atoms with Crippen molar-refractivity contribution >= 4 is 12.1 Å². The smallest absolute Gasteiger partial charge is 0.272 e. The zero-order valence-corrected chi connectivity index (χ0v) is 12.5. The highest BCUT2D eigenvalue weighted by atomic mass is 16.3. The number of pyridine rings is 1. The van der Waals surface area contributed by atoms with Crippen LogP contribution < -0.4 is 5.43 Å². The van der Waals surface area contributed by atoms with Crippen LogP contribution >= 0.6 is 0 Å². The molecule has 0 aliphatic heterocycles. The number of amides is 1. The number of nitriles is 1. The topological polar surface area (TPSA) is 91.3 Å². The Balaban J connectivity index is 1.70. The minimum absolute atomic E-state index is 0.360. The highest BCUT2D eigenvalue weighted by molar-refractivity contribution is 5.94. The van der Waals surface area contributed by atoms with Gasteiger partial charge < -0.3 is 4.42 Å². The molecule has 6 heteroatoms. The Labute approximate surface area is 138 Å². The molecule has 0 atom stereocenters. The number of carbonyl (C=O) groups is 1. The van der Waals surface area contributed by atoms with Crippen molar-refractivity contribution in [3.8, 4) is 17.4 Å². The Hall–Kier alpha value is -3.72. The average molecular weight is 316 g/mol. The lowest BCUT2D eigenvalue weighted by atomic mass is 10.1. The van der Waals surface area contributed by atoms with E-state index in [1.54, 1.807) is 42.6 Å². The normalized spacial score (nSPS) is 10.5. The van der Waals surface area contributed by atoms with Crippen LogP contribution in [-0.4, -0.2) is 17.1 Å². The fourth-order valence-electron chi connectivity index (χ4n) is 2.08. The van der Waals surface area contributed by atoms with Gasteiger partial charge in [-0.05, 0) is 36.4 Å². The molecule has 1 aromatic carbocycles. The summed E-state index contributed by atoms with van der Waals surface area (Å²) in [5, 5.41) is 13.0. The second kappa shape index (κ2) is 7.03. The molecule has 2 heterocycles. The summed E-state index contributed by atoms with van der Waals surface area (Å²) >= 11 is 0. The summed E-state index contributed by atoms with van der Waals surface area (Å²) in [4.78, 5) is 15.7. The second-order valence-corrected chi connectivity index (χ2v) is 4.80. The van der Waals surface area contributed by atoms with Gasteiger partial charge in [0.05, 0.1) is 23.4 Å². The summed E-state index contributed by atoms with van der Waals surface area (Å²) in [6.07, 6.45) is 4.44. The van der Waals surface area contributed by atoms with Crippen molar-refractivity contribution in [1.82, 2.24) is 10.4 Å². The fourth-order valence-corrected chi connectivity index (χ4v) is 2.08. The van der Waals surface area contributed by atoms with Gasteiger partial charge in [0.2, 0.25) is 0 Å². The van der Waals surface area contributed by atoms with Crippen LogP contribution in [0.3, 0.4) is 0 Å². The molecule has 0 radical (unpaired) electrons. The van der Waals surface area contributed by atoms with Crippen LogP contribution in [0.5, 0.6) is 0 Å². The molecule has 1 N–H and O–H groups in total. The van der Waals surface area contributed by atoms with Gasteiger partial charge in [0.1, 0.15) is 11.5 Å². The Morgan fingerprint density at radius 1 is 1.21 bits per heavy atom. The average Bonchev–Trinajstić information content (AvgIpc) is 3.11. The third kappa shape index (κ3) is 3.36. The first kappa shape index (κ1) is 15.2. The van der Waals surface area contributed by atoms with Crippen molar-refractivity contribution in [3.63, 3.8) is 0 Å². The van der Waals surface area contributed by atoms with Gasteiger partial charge in [0, 0.05) is 18.0 Å². The van der Waals surface area contributed by atoms with Crippen molar-refractivity contribution in [2.24, 2.45) is 5.10 Å². The number of furan rings is 1. The third-order valence-electron chi connectivity index (χ3n) is 3.22. The van der Waals surface area contributed by atoms with E-state index in [-0.39, 0.29) is 5.91 Å². The van der Waals surface area contributed by atoms with Gasteiger partial charge in [-0.15, -0.1) is 0 Å². The predicted molar refractivity (Wildman–Crippen MR) is 88.2 cm³/mol. The molecule has 3 aromatic rings. The molecule has 2 aromatic heterocycles. The Kier molecular flexibility index (Phi) is 4.45. The van der Waals surface area contributed by atoms with Crippen LogP contribution in [0.4, 0.5) is 0 Å². The fraction of sp³-hybridized carbons (Fsp3) is 0. The summed E-state index contributed by atoms with van der Waals surface area (Å²) in [7, 11) is 0. The van der Waals surface area contributed by atoms with E-state index < -0.39 is 0 Å². The van der Waals surface area contributed by atoms with E-state index in [0.717, 1.165) is 0 Å². The first-order chi connectivity index (χ1) is 11.8. The molecular weight excluding hydrogens is 304 g/mol. The zero-order valence-electron chi connectivity index (χ0n) is 12.5. The number of hydrogen-bond acceptors (Lipinski definition) is 5. The van der Waals surface area contributed by atoms with Crippen LogP contribution in [0, 0.1) is 11.3 Å². The molecular formula is C18H12N4O2. The monoisotopic (exact) mass is 316 g/mol. The number of nitrogens with zero attached hydrogens (tertiary/aromatic N) is 3. The predicted octanol–water partition coefficient (Wildman–Crippen LogP) is 2.98. The maximum atomic E-state index is 11.8. The highest BCUT2D eigenvalue weighted by Gasteiger charge is 2.08. The number of hydrogen-bond donors (Lipinski definition) is 1. The molecule has 1 amide bonds. The zero-order chi connectivity index (χ0) is 16.8. The maximum Gasteiger partial charge on any atom is 0.272 e. The van der Waals surface area contributed by atoms with Crippen molar-refractivity contribution in [2.75, 3.05) is 0 Å². The standard InChI is InChI=1S/C18H12N4O2/c19-10-13-4-1-2-6-16(13)17-8-7-15(24-17)12-21-22-18(23)14-5-3-9-20-11-14/h1-9,11-12H,(H,22,23)/b21-12-. The Morgan fingerprint density at radius 3 is 2.88 bits per heavy atom. The second-order valence-electron chi connectivity index (χ2n) is 4.80. The van der Waals surface area contributed by atoms with Crippen molar-refractivity contribution in [3.05, 3.63) is 77.8 Å².